The summed E-state index contributed by atoms with van der Waals surface area (Å²) in [5.74, 6) is 0.875. The summed E-state index contributed by atoms with van der Waals surface area (Å²) in [6.45, 7) is 4.09. The van der Waals surface area contributed by atoms with Crippen molar-refractivity contribution in [2.24, 2.45) is 0 Å². The highest BCUT2D eigenvalue weighted by atomic mass is 16.3. The molecule has 2 aromatic rings. The third-order valence-electron chi connectivity index (χ3n) is 3.20. The number of hydrogen-bond acceptors (Lipinski definition) is 3. The molecule has 3 heteroatoms. The first-order valence-electron chi connectivity index (χ1n) is 6.84. The zero-order valence-electron chi connectivity index (χ0n) is 11.5. The molecule has 1 unspecified atom stereocenters. The van der Waals surface area contributed by atoms with Gasteiger partial charge in [0.25, 0.3) is 0 Å². The number of hydrogen-bond donors (Lipinski definition) is 1. The van der Waals surface area contributed by atoms with Crippen LogP contribution in [0.15, 0.2) is 36.7 Å². The quantitative estimate of drug-likeness (QED) is 0.890. The molecule has 1 N–H and O–H groups in total. The van der Waals surface area contributed by atoms with Gasteiger partial charge in [0, 0.05) is 24.4 Å². The molecular formula is C16H20N2O. The maximum Gasteiger partial charge on any atom is 0.128 e. The molecule has 0 saturated heterocycles. The number of aliphatic hydroxyl groups excluding tert-OH is 1. The molecule has 0 amide bonds. The maximum atomic E-state index is 10.1. The standard InChI is InChI=1S/C16H20N2O/c1-3-7-16-17-10-12(11-18-16)13-8-5-6-9-14(13)15(19)4-2/h5-6,8-11,15,19H,3-4,7H2,1-2H3. The Kier molecular flexibility index (Phi) is 4.63. The van der Waals surface area contributed by atoms with Gasteiger partial charge in [-0.3, -0.25) is 0 Å². The summed E-state index contributed by atoms with van der Waals surface area (Å²) in [7, 11) is 0. The van der Waals surface area contributed by atoms with E-state index in [1.54, 1.807) is 0 Å². The van der Waals surface area contributed by atoms with E-state index in [1.165, 1.54) is 0 Å². The Morgan fingerprint density at radius 3 is 2.42 bits per heavy atom. The van der Waals surface area contributed by atoms with Crippen LogP contribution in [-0.4, -0.2) is 15.1 Å². The molecule has 0 aliphatic heterocycles. The third kappa shape index (κ3) is 3.18. The lowest BCUT2D eigenvalue weighted by Gasteiger charge is -2.13. The fourth-order valence-electron chi connectivity index (χ4n) is 2.12. The highest BCUT2D eigenvalue weighted by Gasteiger charge is 2.11. The lowest BCUT2D eigenvalue weighted by atomic mass is 9.97. The molecule has 0 aliphatic carbocycles. The lowest BCUT2D eigenvalue weighted by Crippen LogP contribution is -1.99. The molecule has 0 spiro atoms. The Morgan fingerprint density at radius 2 is 1.79 bits per heavy atom. The molecule has 100 valence electrons. The summed E-state index contributed by atoms with van der Waals surface area (Å²) in [4.78, 5) is 8.76. The van der Waals surface area contributed by atoms with Gasteiger partial charge in [-0.2, -0.15) is 0 Å². The van der Waals surface area contributed by atoms with Gasteiger partial charge in [-0.05, 0) is 24.0 Å². The van der Waals surface area contributed by atoms with Crippen molar-refractivity contribution < 1.29 is 5.11 Å². The van der Waals surface area contributed by atoms with Crippen LogP contribution in [0, 0.1) is 0 Å². The van der Waals surface area contributed by atoms with E-state index in [4.69, 9.17) is 0 Å². The van der Waals surface area contributed by atoms with Gasteiger partial charge in [-0.25, -0.2) is 9.97 Å². The SMILES string of the molecule is CCCc1ncc(-c2ccccc2C(O)CC)cn1. The second kappa shape index (κ2) is 6.43. The number of aromatic nitrogens is 2. The highest BCUT2D eigenvalue weighted by Crippen LogP contribution is 2.28. The van der Waals surface area contributed by atoms with Crippen molar-refractivity contribution >= 4 is 0 Å². The first-order valence-corrected chi connectivity index (χ1v) is 6.84. The van der Waals surface area contributed by atoms with Crippen LogP contribution >= 0.6 is 0 Å². The molecule has 1 heterocycles. The Labute approximate surface area is 114 Å². The van der Waals surface area contributed by atoms with Crippen molar-refractivity contribution in [3.8, 4) is 11.1 Å². The average molecular weight is 256 g/mol. The van der Waals surface area contributed by atoms with Crippen LogP contribution in [0.4, 0.5) is 0 Å². The van der Waals surface area contributed by atoms with Gasteiger partial charge < -0.3 is 5.11 Å². The minimum atomic E-state index is -0.438. The molecular weight excluding hydrogens is 236 g/mol. The first kappa shape index (κ1) is 13.7. The van der Waals surface area contributed by atoms with Crippen LogP contribution in [0.3, 0.4) is 0 Å². The van der Waals surface area contributed by atoms with E-state index in [1.807, 2.05) is 43.6 Å². The van der Waals surface area contributed by atoms with E-state index in [0.29, 0.717) is 6.42 Å². The first-order chi connectivity index (χ1) is 9.26. The molecule has 1 aromatic carbocycles. The van der Waals surface area contributed by atoms with Crippen molar-refractivity contribution in [3.63, 3.8) is 0 Å². The fourth-order valence-corrected chi connectivity index (χ4v) is 2.12. The van der Waals surface area contributed by atoms with Crippen molar-refractivity contribution in [3.05, 3.63) is 48.0 Å². The summed E-state index contributed by atoms with van der Waals surface area (Å²) < 4.78 is 0. The highest BCUT2D eigenvalue weighted by molar-refractivity contribution is 5.66. The lowest BCUT2D eigenvalue weighted by molar-refractivity contribution is 0.174. The normalized spacial score (nSPS) is 12.4. The van der Waals surface area contributed by atoms with Gasteiger partial charge in [-0.1, -0.05) is 38.1 Å². The minimum Gasteiger partial charge on any atom is -0.388 e. The van der Waals surface area contributed by atoms with Crippen LogP contribution < -0.4 is 0 Å². The topological polar surface area (TPSA) is 46.0 Å². The van der Waals surface area contributed by atoms with Gasteiger partial charge in [0.15, 0.2) is 0 Å². The zero-order valence-corrected chi connectivity index (χ0v) is 11.5. The van der Waals surface area contributed by atoms with Gasteiger partial charge in [-0.15, -0.1) is 0 Å². The van der Waals surface area contributed by atoms with E-state index in [-0.39, 0.29) is 0 Å². The van der Waals surface area contributed by atoms with Gasteiger partial charge >= 0.3 is 0 Å². The van der Waals surface area contributed by atoms with Crippen LogP contribution in [0.2, 0.25) is 0 Å². The number of nitrogens with zero attached hydrogens (tertiary/aromatic N) is 2. The van der Waals surface area contributed by atoms with E-state index >= 15 is 0 Å². The van der Waals surface area contributed by atoms with Crippen molar-refractivity contribution in [2.75, 3.05) is 0 Å². The van der Waals surface area contributed by atoms with Gasteiger partial charge in [0.2, 0.25) is 0 Å². The summed E-state index contributed by atoms with van der Waals surface area (Å²) in [5, 5.41) is 10.1. The van der Waals surface area contributed by atoms with Crippen LogP contribution in [0.1, 0.15) is 44.2 Å². The van der Waals surface area contributed by atoms with Crippen molar-refractivity contribution in [1.29, 1.82) is 0 Å². The molecule has 0 bridgehead atoms. The molecule has 1 atom stereocenters. The van der Waals surface area contributed by atoms with E-state index in [2.05, 4.69) is 16.9 Å². The molecule has 1 aromatic heterocycles. The number of benzene rings is 1. The maximum absolute atomic E-state index is 10.1. The molecule has 0 fully saturated rings. The molecule has 0 aliphatic rings. The zero-order chi connectivity index (χ0) is 13.7. The van der Waals surface area contributed by atoms with Gasteiger partial charge in [0.05, 0.1) is 6.10 Å². The van der Waals surface area contributed by atoms with E-state index < -0.39 is 6.10 Å². The summed E-state index contributed by atoms with van der Waals surface area (Å²) >= 11 is 0. The van der Waals surface area contributed by atoms with Crippen molar-refractivity contribution in [1.82, 2.24) is 9.97 Å². The second-order valence-corrected chi connectivity index (χ2v) is 4.65. The summed E-state index contributed by atoms with van der Waals surface area (Å²) in [6.07, 6.45) is 5.90. The van der Waals surface area contributed by atoms with Crippen molar-refractivity contribution in [2.45, 2.75) is 39.2 Å². The molecule has 3 nitrogen and oxygen atoms in total. The Hall–Kier alpha value is -1.74. The number of aryl methyl sites for hydroxylation is 1. The Morgan fingerprint density at radius 1 is 1.11 bits per heavy atom. The smallest absolute Gasteiger partial charge is 0.128 e. The van der Waals surface area contributed by atoms with E-state index in [9.17, 15) is 5.11 Å². The Bertz CT molecular complexity index is 523. The minimum absolute atomic E-state index is 0.438. The predicted molar refractivity (Wildman–Crippen MR) is 76.7 cm³/mol. The predicted octanol–water partition coefficient (Wildman–Crippen LogP) is 3.54. The molecule has 0 radical (unpaired) electrons. The Balaban J connectivity index is 2.35. The van der Waals surface area contributed by atoms with Crippen LogP contribution in [-0.2, 0) is 6.42 Å². The summed E-state index contributed by atoms with van der Waals surface area (Å²) in [6, 6.07) is 7.89. The molecule has 0 saturated carbocycles. The fraction of sp³-hybridized carbons (Fsp3) is 0.375. The third-order valence-corrected chi connectivity index (χ3v) is 3.20. The molecule has 19 heavy (non-hydrogen) atoms. The monoisotopic (exact) mass is 256 g/mol. The van der Waals surface area contributed by atoms with Crippen LogP contribution in [0.5, 0.6) is 0 Å². The average Bonchev–Trinajstić information content (AvgIpc) is 2.47. The largest absolute Gasteiger partial charge is 0.388 e. The van der Waals surface area contributed by atoms with E-state index in [0.717, 1.165) is 35.4 Å². The van der Waals surface area contributed by atoms with Crippen LogP contribution in [0.25, 0.3) is 11.1 Å². The summed E-state index contributed by atoms with van der Waals surface area (Å²) in [5.41, 5.74) is 2.92. The number of rotatable bonds is 5. The number of aliphatic hydroxyl groups is 1. The second-order valence-electron chi connectivity index (χ2n) is 4.65. The molecule has 2 rings (SSSR count). The van der Waals surface area contributed by atoms with Gasteiger partial charge in [0.1, 0.15) is 5.82 Å².